The smallest absolute Gasteiger partial charge is 0.553 e. The highest BCUT2D eigenvalue weighted by Gasteiger charge is 2.42. The van der Waals surface area contributed by atoms with Gasteiger partial charge in [-0.15, -0.1) is 0 Å². The fourth-order valence-electron chi connectivity index (χ4n) is 0.232. The molecule has 0 aromatic rings. The van der Waals surface area contributed by atoms with Crippen LogP contribution in [0.4, 0.5) is 0 Å². The maximum absolute atomic E-state index is 9.59. The molecule has 6 nitrogen and oxygen atoms in total. The fourth-order valence-corrected chi connectivity index (χ4v) is 0.697. The summed E-state index contributed by atoms with van der Waals surface area (Å²) >= 11 is -2.84. The van der Waals surface area contributed by atoms with Crippen LogP contribution in [0.5, 0.6) is 0 Å². The first-order chi connectivity index (χ1) is 4.85. The molecule has 0 fully saturated rings. The van der Waals surface area contributed by atoms with Gasteiger partial charge in [0.05, 0.1) is 0 Å². The monoisotopic (exact) mass is 162 g/mol. The van der Waals surface area contributed by atoms with E-state index in [-0.39, 0.29) is 19.4 Å². The lowest BCUT2D eigenvalue weighted by Gasteiger charge is -2.00. The van der Waals surface area contributed by atoms with Crippen LogP contribution >= 0.6 is 0 Å². The summed E-state index contributed by atoms with van der Waals surface area (Å²) in [5.74, 6) is 0. The number of rotatable bonds is 6. The number of hydrogen-bond donors (Lipinski definition) is 0. The van der Waals surface area contributed by atoms with Gasteiger partial charge in [-0.1, -0.05) is 0 Å². The summed E-state index contributed by atoms with van der Waals surface area (Å²) in [6.07, 6.45) is 0. The maximum atomic E-state index is 9.59. The zero-order valence-electron chi connectivity index (χ0n) is 4.76. The van der Waals surface area contributed by atoms with E-state index in [2.05, 4.69) is 11.4 Å². The molecule has 10 heavy (non-hydrogen) atoms. The van der Waals surface area contributed by atoms with Crippen LogP contribution in [0.2, 0.25) is 0 Å². The van der Waals surface area contributed by atoms with E-state index in [0.717, 1.165) is 0 Å². The third-order valence-electron chi connectivity index (χ3n) is 0.500. The Balaban J connectivity index is 3.58. The predicted molar refractivity (Wildman–Crippen MR) is 27.2 cm³/mol. The third kappa shape index (κ3) is 3.89. The second kappa shape index (κ2) is 6.07. The first-order valence-electron chi connectivity index (χ1n) is 2.12. The molecule has 0 aliphatic rings. The number of carbonyl (C=O) groups is 3. The minimum Gasteiger partial charge on any atom is -0.553 e. The van der Waals surface area contributed by atoms with Crippen LogP contribution in [0, 0.1) is 0 Å². The van der Waals surface area contributed by atoms with Crippen molar-refractivity contribution in [3.8, 4) is 0 Å². The Morgan fingerprint density at radius 1 is 0.800 bits per heavy atom. The highest BCUT2D eigenvalue weighted by atomic mass is 27.3. The van der Waals surface area contributed by atoms with Crippen LogP contribution in [-0.4, -0.2) is 34.6 Å². The van der Waals surface area contributed by atoms with Gasteiger partial charge in [0.1, 0.15) is 0 Å². The van der Waals surface area contributed by atoms with Gasteiger partial charge in [0.15, 0.2) is 0 Å². The van der Waals surface area contributed by atoms with Crippen LogP contribution in [0.15, 0.2) is 0 Å². The summed E-state index contributed by atoms with van der Waals surface area (Å²) in [5.41, 5.74) is 0. The molecule has 0 aromatic carbocycles. The van der Waals surface area contributed by atoms with Crippen LogP contribution in [0.3, 0.4) is 0 Å². The quantitative estimate of drug-likeness (QED) is 0.349. The van der Waals surface area contributed by atoms with Crippen molar-refractivity contribution in [3.05, 3.63) is 0 Å². The molecule has 0 bridgehead atoms. The Labute approximate surface area is 61.1 Å². The molecule has 0 spiro atoms. The van der Waals surface area contributed by atoms with E-state index in [1.54, 1.807) is 0 Å². The van der Waals surface area contributed by atoms with Gasteiger partial charge in [-0.25, -0.2) is 0 Å². The summed E-state index contributed by atoms with van der Waals surface area (Å²) in [7, 11) is 0. The molecule has 54 valence electrons. The lowest BCUT2D eigenvalue weighted by molar-refractivity contribution is -0.132. The van der Waals surface area contributed by atoms with Gasteiger partial charge in [-0.3, -0.25) is 14.4 Å². The molecule has 0 aromatic heterocycles. The minimum atomic E-state index is -2.84. The Kier molecular flexibility index (Phi) is 5.43. The molecule has 0 N–H and O–H groups in total. The van der Waals surface area contributed by atoms with Gasteiger partial charge in [0, 0.05) is 0 Å². The zero-order chi connectivity index (χ0) is 7.82. The van der Waals surface area contributed by atoms with Gasteiger partial charge in [0.2, 0.25) is 0 Å². The molecular formula is C3H3AlO6. The van der Waals surface area contributed by atoms with Crippen LogP contribution in [0.25, 0.3) is 0 Å². The Bertz CT molecular complexity index is 100. The van der Waals surface area contributed by atoms with Crippen LogP contribution < -0.4 is 0 Å². The topological polar surface area (TPSA) is 78.9 Å². The van der Waals surface area contributed by atoms with Gasteiger partial charge in [-0.2, -0.15) is 0 Å². The van der Waals surface area contributed by atoms with Crippen molar-refractivity contribution in [1.82, 2.24) is 0 Å². The van der Waals surface area contributed by atoms with Crippen molar-refractivity contribution in [2.24, 2.45) is 0 Å². The van der Waals surface area contributed by atoms with E-state index in [4.69, 9.17) is 0 Å². The van der Waals surface area contributed by atoms with E-state index in [0.29, 0.717) is 0 Å². The third-order valence-corrected chi connectivity index (χ3v) is 1.50. The van der Waals surface area contributed by atoms with Crippen molar-refractivity contribution in [2.45, 2.75) is 0 Å². The molecule has 7 heteroatoms. The first kappa shape index (κ1) is 8.94. The zero-order valence-corrected chi connectivity index (χ0v) is 5.91. The first-order valence-corrected chi connectivity index (χ1v) is 3.54. The summed E-state index contributed by atoms with van der Waals surface area (Å²) in [6, 6.07) is 0. The molecule has 0 radical (unpaired) electrons. The molecule has 0 atom stereocenters. The van der Waals surface area contributed by atoms with Crippen LogP contribution in [0.1, 0.15) is 0 Å². The predicted octanol–water partition coefficient (Wildman–Crippen LogP) is -1.51. The largest absolute Gasteiger partial charge is 1.20 e. The Morgan fingerprint density at radius 3 is 1.30 bits per heavy atom. The van der Waals surface area contributed by atoms with Gasteiger partial charge >= 0.3 is 15.1 Å². The molecule has 0 aliphatic heterocycles. The van der Waals surface area contributed by atoms with Crippen molar-refractivity contribution in [1.29, 1.82) is 0 Å². The van der Waals surface area contributed by atoms with Gasteiger partial charge in [-0.05, 0) is 0 Å². The minimum absolute atomic E-state index is 0.0455. The number of carbonyl (C=O) groups excluding carboxylic acids is 3. The van der Waals surface area contributed by atoms with Crippen molar-refractivity contribution in [3.63, 3.8) is 0 Å². The second-order valence-corrected chi connectivity index (χ2v) is 2.38. The Hall–Kier alpha value is -1.06. The molecular weight excluding hydrogens is 159 g/mol. The normalized spacial score (nSPS) is 7.20. The SMILES string of the molecule is O=C[O][Al]([O]C=O)[O]C=O. The lowest BCUT2D eigenvalue weighted by atomic mass is 11.7. The van der Waals surface area contributed by atoms with E-state index < -0.39 is 15.1 Å². The van der Waals surface area contributed by atoms with Crippen molar-refractivity contribution < 1.29 is 25.7 Å². The molecule has 0 amide bonds. The van der Waals surface area contributed by atoms with E-state index in [1.165, 1.54) is 0 Å². The lowest BCUT2D eigenvalue weighted by Crippen LogP contribution is -2.25. The number of hydrogen-bond acceptors (Lipinski definition) is 6. The molecule has 0 saturated heterocycles. The van der Waals surface area contributed by atoms with Crippen molar-refractivity contribution in [2.75, 3.05) is 0 Å². The highest BCUT2D eigenvalue weighted by molar-refractivity contribution is 6.41. The van der Waals surface area contributed by atoms with Gasteiger partial charge in [0.25, 0.3) is 19.4 Å². The van der Waals surface area contributed by atoms with E-state index in [1.807, 2.05) is 0 Å². The van der Waals surface area contributed by atoms with Crippen LogP contribution in [-0.2, 0) is 25.7 Å². The van der Waals surface area contributed by atoms with Crippen molar-refractivity contribution >= 4 is 34.6 Å². The second-order valence-electron chi connectivity index (χ2n) is 0.986. The summed E-state index contributed by atoms with van der Waals surface area (Å²) in [4.78, 5) is 28.8. The van der Waals surface area contributed by atoms with E-state index >= 15 is 0 Å². The fraction of sp³-hybridized carbons (Fsp3) is 0. The summed E-state index contributed by atoms with van der Waals surface area (Å²) in [6.45, 7) is 0.137. The molecule has 0 unspecified atom stereocenters. The Morgan fingerprint density at radius 2 is 1.10 bits per heavy atom. The van der Waals surface area contributed by atoms with Gasteiger partial charge < -0.3 is 11.4 Å². The summed E-state index contributed by atoms with van der Waals surface area (Å²) in [5, 5.41) is 0. The molecule has 0 aliphatic carbocycles. The highest BCUT2D eigenvalue weighted by Crippen LogP contribution is 1.83. The summed E-state index contributed by atoms with van der Waals surface area (Å²) < 4.78 is 12.2. The average molecular weight is 162 g/mol. The maximum Gasteiger partial charge on any atom is 1.20 e. The standard InChI is InChI=1S/3CH2O2.Al/c3*2-1-3;/h3*1H,(H,2,3);/q;;;+3/p-3. The van der Waals surface area contributed by atoms with E-state index in [9.17, 15) is 14.4 Å². The average Bonchev–Trinajstić information content (AvgIpc) is 1.90. The molecule has 0 heterocycles. The molecule has 0 saturated carbocycles. The molecule has 0 rings (SSSR count).